The summed E-state index contributed by atoms with van der Waals surface area (Å²) in [5.74, 6) is 0.268. The van der Waals surface area contributed by atoms with Crippen LogP contribution in [0, 0.1) is 12.8 Å². The molecule has 100 valence electrons. The average molecular weight is 268 g/mol. The monoisotopic (exact) mass is 268 g/mol. The van der Waals surface area contributed by atoms with Crippen LogP contribution in [0.1, 0.15) is 24.8 Å². The van der Waals surface area contributed by atoms with E-state index in [2.05, 4.69) is 4.72 Å². The van der Waals surface area contributed by atoms with Gasteiger partial charge in [-0.3, -0.25) is 0 Å². The molecule has 2 rings (SSSR count). The van der Waals surface area contributed by atoms with Crippen LogP contribution in [0.4, 0.5) is 0 Å². The molecule has 0 aliphatic heterocycles. The van der Waals surface area contributed by atoms with Gasteiger partial charge in [0.15, 0.2) is 0 Å². The number of sulfonamides is 1. The van der Waals surface area contributed by atoms with Gasteiger partial charge in [-0.15, -0.1) is 0 Å². The first-order chi connectivity index (χ1) is 8.49. The van der Waals surface area contributed by atoms with Crippen LogP contribution in [0.3, 0.4) is 0 Å². The number of rotatable bonds is 4. The standard InChI is InChI=1S/C13H20N2O2S/c1-10-4-2-6-12(8-10)18(16,17)15-9-11-5-3-7-13(11)14/h2,4,6,8,11,13,15H,3,5,7,9,14H2,1H3. The van der Waals surface area contributed by atoms with E-state index in [1.807, 2.05) is 13.0 Å². The minimum absolute atomic E-state index is 0.130. The molecule has 0 heterocycles. The van der Waals surface area contributed by atoms with Gasteiger partial charge in [-0.25, -0.2) is 13.1 Å². The van der Waals surface area contributed by atoms with Crippen LogP contribution < -0.4 is 10.5 Å². The highest BCUT2D eigenvalue weighted by atomic mass is 32.2. The maximum absolute atomic E-state index is 12.1. The van der Waals surface area contributed by atoms with Crippen molar-refractivity contribution >= 4 is 10.0 Å². The maximum atomic E-state index is 12.1. The molecule has 3 N–H and O–H groups in total. The van der Waals surface area contributed by atoms with Crippen molar-refractivity contribution in [1.82, 2.24) is 4.72 Å². The summed E-state index contributed by atoms with van der Waals surface area (Å²) in [4.78, 5) is 0.328. The molecule has 18 heavy (non-hydrogen) atoms. The molecule has 0 radical (unpaired) electrons. The quantitative estimate of drug-likeness (QED) is 0.867. The number of benzene rings is 1. The van der Waals surface area contributed by atoms with Gasteiger partial charge in [0.05, 0.1) is 4.90 Å². The second kappa shape index (κ2) is 5.38. The lowest BCUT2D eigenvalue weighted by Gasteiger charge is -2.16. The molecule has 1 aromatic rings. The minimum atomic E-state index is -3.40. The summed E-state index contributed by atoms with van der Waals surface area (Å²) < 4.78 is 26.9. The Balaban J connectivity index is 2.03. The summed E-state index contributed by atoms with van der Waals surface area (Å²) in [6.07, 6.45) is 3.10. The van der Waals surface area contributed by atoms with Crippen molar-refractivity contribution in [3.05, 3.63) is 29.8 Å². The predicted molar refractivity (Wildman–Crippen MR) is 71.7 cm³/mol. The topological polar surface area (TPSA) is 72.2 Å². The van der Waals surface area contributed by atoms with Crippen molar-refractivity contribution in [2.24, 2.45) is 11.7 Å². The third-order valence-corrected chi connectivity index (χ3v) is 4.97. The fourth-order valence-corrected chi connectivity index (χ4v) is 3.60. The number of hydrogen-bond acceptors (Lipinski definition) is 3. The van der Waals surface area contributed by atoms with Crippen LogP contribution in [-0.2, 0) is 10.0 Å². The zero-order chi connectivity index (χ0) is 13.2. The molecule has 0 saturated heterocycles. The fourth-order valence-electron chi connectivity index (χ4n) is 2.40. The molecule has 0 aromatic heterocycles. The summed E-state index contributed by atoms with van der Waals surface area (Å²) >= 11 is 0. The highest BCUT2D eigenvalue weighted by Gasteiger charge is 2.25. The lowest BCUT2D eigenvalue weighted by molar-refractivity contribution is 0.469. The molecule has 2 atom stereocenters. The molecule has 0 amide bonds. The van der Waals surface area contributed by atoms with E-state index in [-0.39, 0.29) is 12.0 Å². The Kier molecular flexibility index (Phi) is 4.04. The van der Waals surface area contributed by atoms with Crippen LogP contribution in [0.5, 0.6) is 0 Å². The first kappa shape index (κ1) is 13.5. The maximum Gasteiger partial charge on any atom is 0.240 e. The lowest BCUT2D eigenvalue weighted by atomic mass is 10.1. The molecule has 0 bridgehead atoms. The van der Waals surface area contributed by atoms with E-state index in [1.54, 1.807) is 18.2 Å². The molecule has 1 aromatic carbocycles. The van der Waals surface area contributed by atoms with Gasteiger partial charge in [-0.1, -0.05) is 18.6 Å². The normalized spacial score (nSPS) is 24.3. The Bertz CT molecular complexity index is 513. The molecule has 2 unspecified atom stereocenters. The number of nitrogens with one attached hydrogen (secondary N) is 1. The Morgan fingerprint density at radius 2 is 2.17 bits per heavy atom. The number of aryl methyl sites for hydroxylation is 1. The molecular weight excluding hydrogens is 248 g/mol. The molecule has 4 nitrogen and oxygen atoms in total. The smallest absolute Gasteiger partial charge is 0.240 e. The highest BCUT2D eigenvalue weighted by Crippen LogP contribution is 2.23. The van der Waals surface area contributed by atoms with Crippen LogP contribution >= 0.6 is 0 Å². The average Bonchev–Trinajstić information content (AvgIpc) is 2.72. The Morgan fingerprint density at radius 3 is 2.78 bits per heavy atom. The molecule has 1 saturated carbocycles. The summed E-state index contributed by atoms with van der Waals surface area (Å²) in [6.45, 7) is 2.32. The van der Waals surface area contributed by atoms with Crippen LogP contribution in [-0.4, -0.2) is 21.0 Å². The predicted octanol–water partition coefficient (Wildman–Crippen LogP) is 1.40. The second-order valence-electron chi connectivity index (χ2n) is 5.02. The van der Waals surface area contributed by atoms with Crippen LogP contribution in [0.15, 0.2) is 29.2 Å². The van der Waals surface area contributed by atoms with E-state index >= 15 is 0 Å². The van der Waals surface area contributed by atoms with Crippen molar-refractivity contribution in [2.45, 2.75) is 37.1 Å². The molecule has 1 aliphatic rings. The first-order valence-electron chi connectivity index (χ1n) is 6.31. The fraction of sp³-hybridized carbons (Fsp3) is 0.538. The first-order valence-corrected chi connectivity index (χ1v) is 7.79. The number of nitrogens with two attached hydrogens (primary N) is 1. The Hall–Kier alpha value is -0.910. The second-order valence-corrected chi connectivity index (χ2v) is 6.79. The van der Waals surface area contributed by atoms with Crippen LogP contribution in [0.2, 0.25) is 0 Å². The van der Waals surface area contributed by atoms with E-state index in [0.717, 1.165) is 24.8 Å². The summed E-state index contributed by atoms with van der Waals surface area (Å²) in [5.41, 5.74) is 6.88. The SMILES string of the molecule is Cc1cccc(S(=O)(=O)NCC2CCCC2N)c1. The van der Waals surface area contributed by atoms with Crippen molar-refractivity contribution in [2.75, 3.05) is 6.54 Å². The minimum Gasteiger partial charge on any atom is -0.327 e. The Morgan fingerprint density at radius 1 is 1.39 bits per heavy atom. The van der Waals surface area contributed by atoms with Crippen molar-refractivity contribution in [3.8, 4) is 0 Å². The summed E-state index contributed by atoms with van der Waals surface area (Å²) in [7, 11) is -3.40. The van der Waals surface area contributed by atoms with E-state index in [0.29, 0.717) is 11.4 Å². The van der Waals surface area contributed by atoms with Gasteiger partial charge < -0.3 is 5.73 Å². The zero-order valence-electron chi connectivity index (χ0n) is 10.6. The third kappa shape index (κ3) is 3.10. The molecule has 5 heteroatoms. The van der Waals surface area contributed by atoms with Gasteiger partial charge in [0.1, 0.15) is 0 Å². The van der Waals surface area contributed by atoms with Gasteiger partial charge in [-0.2, -0.15) is 0 Å². The van der Waals surface area contributed by atoms with Gasteiger partial charge >= 0.3 is 0 Å². The molecule has 1 aliphatic carbocycles. The molecule has 0 spiro atoms. The van der Waals surface area contributed by atoms with Crippen molar-refractivity contribution in [1.29, 1.82) is 0 Å². The third-order valence-electron chi connectivity index (χ3n) is 3.55. The van der Waals surface area contributed by atoms with E-state index in [1.165, 1.54) is 0 Å². The molecular formula is C13H20N2O2S. The molecule has 1 fully saturated rings. The van der Waals surface area contributed by atoms with Gasteiger partial charge in [0.2, 0.25) is 10.0 Å². The Labute approximate surface area is 109 Å². The van der Waals surface area contributed by atoms with E-state index in [9.17, 15) is 8.42 Å². The highest BCUT2D eigenvalue weighted by molar-refractivity contribution is 7.89. The van der Waals surface area contributed by atoms with Crippen LogP contribution in [0.25, 0.3) is 0 Å². The van der Waals surface area contributed by atoms with Gasteiger partial charge in [0, 0.05) is 12.6 Å². The summed E-state index contributed by atoms with van der Waals surface area (Å²) in [6, 6.07) is 7.06. The number of hydrogen-bond donors (Lipinski definition) is 2. The van der Waals surface area contributed by atoms with E-state index < -0.39 is 10.0 Å². The van der Waals surface area contributed by atoms with Gasteiger partial charge in [-0.05, 0) is 43.4 Å². The summed E-state index contributed by atoms with van der Waals surface area (Å²) in [5, 5.41) is 0. The lowest BCUT2D eigenvalue weighted by Crippen LogP contribution is -2.36. The zero-order valence-corrected chi connectivity index (χ0v) is 11.4. The largest absolute Gasteiger partial charge is 0.327 e. The van der Waals surface area contributed by atoms with Gasteiger partial charge in [0.25, 0.3) is 0 Å². The van der Waals surface area contributed by atoms with Crippen molar-refractivity contribution in [3.63, 3.8) is 0 Å². The van der Waals surface area contributed by atoms with E-state index in [4.69, 9.17) is 5.73 Å². The van der Waals surface area contributed by atoms with Crippen molar-refractivity contribution < 1.29 is 8.42 Å².